The average molecular weight is 248 g/mol. The highest BCUT2D eigenvalue weighted by molar-refractivity contribution is 5.85. The lowest BCUT2D eigenvalue weighted by atomic mass is 10.2. The van der Waals surface area contributed by atoms with Gasteiger partial charge in [-0.15, -0.1) is 12.4 Å². The molecule has 1 amide bonds. The van der Waals surface area contributed by atoms with Gasteiger partial charge in [-0.05, 0) is 39.2 Å². The summed E-state index contributed by atoms with van der Waals surface area (Å²) in [5, 5.41) is 3.08. The maximum Gasteiger partial charge on any atom is 0.237 e. The Balaban J connectivity index is 0.00000128. The normalized spacial score (nSPS) is 27.2. The SMILES string of the molecule is CC(N)CN1CCCC1C(=O)NC1CC1.Cl. The molecule has 2 rings (SSSR count). The van der Waals surface area contributed by atoms with Crippen LogP contribution in [0, 0.1) is 0 Å². The number of rotatable bonds is 4. The van der Waals surface area contributed by atoms with Crippen LogP contribution in [0.15, 0.2) is 0 Å². The number of carbonyl (C=O) groups is 1. The number of nitrogens with one attached hydrogen (secondary N) is 1. The van der Waals surface area contributed by atoms with Gasteiger partial charge in [-0.1, -0.05) is 0 Å². The summed E-state index contributed by atoms with van der Waals surface area (Å²) in [7, 11) is 0. The molecule has 1 heterocycles. The monoisotopic (exact) mass is 247 g/mol. The summed E-state index contributed by atoms with van der Waals surface area (Å²) < 4.78 is 0. The number of halogens is 1. The molecule has 2 atom stereocenters. The first-order valence-corrected chi connectivity index (χ1v) is 5.97. The molecular weight excluding hydrogens is 226 g/mol. The minimum atomic E-state index is 0. The van der Waals surface area contributed by atoms with Gasteiger partial charge in [0.25, 0.3) is 0 Å². The summed E-state index contributed by atoms with van der Waals surface area (Å²) in [4.78, 5) is 14.1. The summed E-state index contributed by atoms with van der Waals surface area (Å²) in [6, 6.07) is 0.700. The smallest absolute Gasteiger partial charge is 0.237 e. The van der Waals surface area contributed by atoms with Crippen molar-refractivity contribution in [2.75, 3.05) is 13.1 Å². The second kappa shape index (κ2) is 5.84. The molecule has 5 heteroatoms. The minimum absolute atomic E-state index is 0. The van der Waals surface area contributed by atoms with Crippen LogP contribution in [0.2, 0.25) is 0 Å². The molecule has 0 radical (unpaired) electrons. The lowest BCUT2D eigenvalue weighted by molar-refractivity contribution is -0.125. The Morgan fingerprint density at radius 2 is 2.19 bits per heavy atom. The van der Waals surface area contributed by atoms with Gasteiger partial charge in [-0.3, -0.25) is 9.69 Å². The fraction of sp³-hybridized carbons (Fsp3) is 0.909. The van der Waals surface area contributed by atoms with E-state index in [1.807, 2.05) is 6.92 Å². The van der Waals surface area contributed by atoms with Crippen LogP contribution in [0.1, 0.15) is 32.6 Å². The predicted octanol–water partition coefficient (Wildman–Crippen LogP) is 0.498. The van der Waals surface area contributed by atoms with Gasteiger partial charge in [0.2, 0.25) is 5.91 Å². The van der Waals surface area contributed by atoms with Crippen molar-refractivity contribution >= 4 is 18.3 Å². The van der Waals surface area contributed by atoms with Gasteiger partial charge >= 0.3 is 0 Å². The molecule has 0 bridgehead atoms. The number of hydrogen-bond donors (Lipinski definition) is 2. The van der Waals surface area contributed by atoms with Gasteiger partial charge < -0.3 is 11.1 Å². The van der Waals surface area contributed by atoms with Crippen LogP contribution in [0.5, 0.6) is 0 Å². The van der Waals surface area contributed by atoms with Crippen LogP contribution in [0.4, 0.5) is 0 Å². The number of likely N-dealkylation sites (tertiary alicyclic amines) is 1. The van der Waals surface area contributed by atoms with E-state index in [4.69, 9.17) is 5.73 Å². The highest BCUT2D eigenvalue weighted by Crippen LogP contribution is 2.22. The zero-order valence-corrected chi connectivity index (χ0v) is 10.6. The molecule has 2 unspecified atom stereocenters. The molecule has 1 saturated heterocycles. The zero-order chi connectivity index (χ0) is 10.8. The van der Waals surface area contributed by atoms with Crippen LogP contribution < -0.4 is 11.1 Å². The van der Waals surface area contributed by atoms with Gasteiger partial charge in [0.05, 0.1) is 6.04 Å². The molecule has 0 aromatic carbocycles. The summed E-state index contributed by atoms with van der Waals surface area (Å²) in [5.74, 6) is 0.218. The maximum atomic E-state index is 11.9. The van der Waals surface area contributed by atoms with E-state index in [1.165, 1.54) is 0 Å². The molecule has 2 fully saturated rings. The van der Waals surface area contributed by atoms with Gasteiger partial charge in [0, 0.05) is 18.6 Å². The molecule has 2 aliphatic rings. The predicted molar refractivity (Wildman–Crippen MR) is 66.7 cm³/mol. The Morgan fingerprint density at radius 3 is 2.75 bits per heavy atom. The maximum absolute atomic E-state index is 11.9. The van der Waals surface area contributed by atoms with Crippen molar-refractivity contribution in [2.45, 2.75) is 50.7 Å². The molecular formula is C11H22ClN3O. The molecule has 16 heavy (non-hydrogen) atoms. The second-order valence-electron chi connectivity index (χ2n) is 4.91. The number of amides is 1. The molecule has 94 valence electrons. The standard InChI is InChI=1S/C11H21N3O.ClH/c1-8(12)7-14-6-2-3-10(14)11(15)13-9-4-5-9;/h8-10H,2-7,12H2,1H3,(H,13,15);1H. The van der Waals surface area contributed by atoms with Crippen molar-refractivity contribution in [3.8, 4) is 0 Å². The van der Waals surface area contributed by atoms with E-state index in [9.17, 15) is 4.79 Å². The van der Waals surface area contributed by atoms with Crippen LogP contribution >= 0.6 is 12.4 Å². The Bertz CT molecular complexity index is 243. The molecule has 0 aromatic rings. The Labute approximate surface area is 103 Å². The largest absolute Gasteiger partial charge is 0.352 e. The van der Waals surface area contributed by atoms with Gasteiger partial charge in [-0.25, -0.2) is 0 Å². The van der Waals surface area contributed by atoms with Crippen molar-refractivity contribution in [1.29, 1.82) is 0 Å². The lowest BCUT2D eigenvalue weighted by Gasteiger charge is -2.25. The number of nitrogens with two attached hydrogens (primary N) is 1. The van der Waals surface area contributed by atoms with Crippen LogP contribution in [-0.2, 0) is 4.79 Å². The fourth-order valence-corrected chi connectivity index (χ4v) is 2.24. The second-order valence-corrected chi connectivity index (χ2v) is 4.91. The first kappa shape index (κ1) is 13.7. The third-order valence-corrected chi connectivity index (χ3v) is 3.11. The first-order valence-electron chi connectivity index (χ1n) is 5.97. The quantitative estimate of drug-likeness (QED) is 0.761. The molecule has 1 aliphatic carbocycles. The van der Waals surface area contributed by atoms with Gasteiger partial charge in [0.15, 0.2) is 0 Å². The van der Waals surface area contributed by atoms with Gasteiger partial charge in [0.1, 0.15) is 0 Å². The lowest BCUT2D eigenvalue weighted by Crippen LogP contribution is -2.47. The average Bonchev–Trinajstić information content (AvgIpc) is 2.83. The van der Waals surface area contributed by atoms with Crippen LogP contribution in [0.3, 0.4) is 0 Å². The van der Waals surface area contributed by atoms with Crippen molar-refractivity contribution in [3.05, 3.63) is 0 Å². The van der Waals surface area contributed by atoms with Crippen LogP contribution in [-0.4, -0.2) is 42.0 Å². The Morgan fingerprint density at radius 1 is 1.50 bits per heavy atom. The zero-order valence-electron chi connectivity index (χ0n) is 9.82. The van der Waals surface area contributed by atoms with E-state index < -0.39 is 0 Å². The summed E-state index contributed by atoms with van der Waals surface area (Å²) in [6.07, 6.45) is 4.43. The first-order chi connectivity index (χ1) is 7.16. The van der Waals surface area contributed by atoms with Crippen molar-refractivity contribution in [1.82, 2.24) is 10.2 Å². The van der Waals surface area contributed by atoms with E-state index >= 15 is 0 Å². The summed E-state index contributed by atoms with van der Waals surface area (Å²) in [5.41, 5.74) is 5.77. The molecule has 0 aromatic heterocycles. The number of carbonyl (C=O) groups excluding carboxylic acids is 1. The van der Waals surface area contributed by atoms with E-state index in [2.05, 4.69) is 10.2 Å². The third kappa shape index (κ3) is 3.61. The summed E-state index contributed by atoms with van der Waals surface area (Å²) >= 11 is 0. The Kier molecular flexibility index (Phi) is 5.02. The van der Waals surface area contributed by atoms with E-state index in [1.54, 1.807) is 0 Å². The highest BCUT2D eigenvalue weighted by atomic mass is 35.5. The molecule has 0 spiro atoms. The summed E-state index contributed by atoms with van der Waals surface area (Å²) in [6.45, 7) is 3.85. The van der Waals surface area contributed by atoms with Crippen LogP contribution in [0.25, 0.3) is 0 Å². The highest BCUT2D eigenvalue weighted by Gasteiger charge is 2.33. The fourth-order valence-electron chi connectivity index (χ4n) is 2.24. The molecule has 1 aliphatic heterocycles. The van der Waals surface area contributed by atoms with Gasteiger partial charge in [-0.2, -0.15) is 0 Å². The van der Waals surface area contributed by atoms with Crippen molar-refractivity contribution in [2.24, 2.45) is 5.73 Å². The van der Waals surface area contributed by atoms with E-state index in [0.717, 1.165) is 38.8 Å². The number of nitrogens with zero attached hydrogens (tertiary/aromatic N) is 1. The minimum Gasteiger partial charge on any atom is -0.352 e. The number of hydrogen-bond acceptors (Lipinski definition) is 3. The van der Waals surface area contributed by atoms with E-state index in [0.29, 0.717) is 6.04 Å². The molecule has 4 nitrogen and oxygen atoms in total. The van der Waals surface area contributed by atoms with Crippen molar-refractivity contribution < 1.29 is 4.79 Å². The van der Waals surface area contributed by atoms with E-state index in [-0.39, 0.29) is 30.4 Å². The Hall–Kier alpha value is -0.320. The third-order valence-electron chi connectivity index (χ3n) is 3.11. The molecule has 1 saturated carbocycles. The van der Waals surface area contributed by atoms with Crippen molar-refractivity contribution in [3.63, 3.8) is 0 Å². The molecule has 3 N–H and O–H groups in total. The topological polar surface area (TPSA) is 58.4 Å².